The van der Waals surface area contributed by atoms with E-state index < -0.39 is 5.97 Å². The number of carboxylic acids is 1. The van der Waals surface area contributed by atoms with Gasteiger partial charge in [0.05, 0.1) is 19.1 Å². The number of rotatable bonds is 8. The first-order chi connectivity index (χ1) is 12.9. The molecule has 1 heterocycles. The molecule has 0 unspecified atom stereocenters. The zero-order chi connectivity index (χ0) is 19.8. The topological polar surface area (TPSA) is 87.2 Å². The van der Waals surface area contributed by atoms with E-state index in [1.165, 1.54) is 4.90 Å². The lowest BCUT2D eigenvalue weighted by Crippen LogP contribution is -2.45. The lowest BCUT2D eigenvalue weighted by molar-refractivity contribution is -0.146. The number of ether oxygens (including phenoxy) is 1. The molecule has 148 valence electrons. The molecule has 27 heavy (non-hydrogen) atoms. The molecule has 2 amide bonds. The highest BCUT2D eigenvalue weighted by Crippen LogP contribution is 2.18. The number of carboxylic acid groups (broad SMARTS) is 1. The van der Waals surface area contributed by atoms with E-state index in [0.29, 0.717) is 45.4 Å². The Labute approximate surface area is 159 Å². The lowest BCUT2D eigenvalue weighted by Gasteiger charge is -2.31. The maximum Gasteiger partial charge on any atom is 0.306 e. The van der Waals surface area contributed by atoms with Crippen LogP contribution in [-0.2, 0) is 14.4 Å². The van der Waals surface area contributed by atoms with Crippen molar-refractivity contribution in [2.45, 2.75) is 32.6 Å². The van der Waals surface area contributed by atoms with Gasteiger partial charge < -0.3 is 19.6 Å². The summed E-state index contributed by atoms with van der Waals surface area (Å²) in [5, 5.41) is 9.01. The molecule has 1 aromatic rings. The Balaban J connectivity index is 1.67. The van der Waals surface area contributed by atoms with Gasteiger partial charge in [0.25, 0.3) is 0 Å². The third-order valence-electron chi connectivity index (χ3n) is 4.88. The molecule has 0 spiro atoms. The molecule has 0 bridgehead atoms. The van der Waals surface area contributed by atoms with E-state index in [1.807, 2.05) is 31.2 Å². The first-order valence-electron chi connectivity index (χ1n) is 9.31. The van der Waals surface area contributed by atoms with Crippen LogP contribution < -0.4 is 4.74 Å². The Morgan fingerprint density at radius 3 is 2.52 bits per heavy atom. The van der Waals surface area contributed by atoms with Gasteiger partial charge in [-0.15, -0.1) is 0 Å². The summed E-state index contributed by atoms with van der Waals surface area (Å²) in [6, 6.07) is 7.72. The molecule has 1 aliphatic rings. The summed E-state index contributed by atoms with van der Waals surface area (Å²) in [5.41, 5.74) is 1.05. The monoisotopic (exact) mass is 376 g/mol. The van der Waals surface area contributed by atoms with Crippen molar-refractivity contribution in [1.29, 1.82) is 0 Å². The van der Waals surface area contributed by atoms with E-state index in [9.17, 15) is 14.4 Å². The number of nitrogens with zero attached hydrogens (tertiary/aromatic N) is 2. The van der Waals surface area contributed by atoms with Crippen molar-refractivity contribution in [3.63, 3.8) is 0 Å². The molecule has 1 saturated heterocycles. The number of likely N-dealkylation sites (N-methyl/N-ethyl adjacent to an activating group) is 1. The van der Waals surface area contributed by atoms with Gasteiger partial charge in [-0.25, -0.2) is 0 Å². The van der Waals surface area contributed by atoms with Gasteiger partial charge in [-0.1, -0.05) is 18.2 Å². The number of benzene rings is 1. The standard InChI is InChI=1S/C20H28N2O5/c1-15-6-3-4-7-17(15)27-13-5-8-18(23)21(2)14-19(24)22-11-9-16(10-12-22)20(25)26/h3-4,6-7,16H,5,8-14H2,1-2H3,(H,25,26). The van der Waals surface area contributed by atoms with E-state index in [4.69, 9.17) is 9.84 Å². The molecule has 2 rings (SSSR count). The first-order valence-corrected chi connectivity index (χ1v) is 9.31. The molecule has 0 saturated carbocycles. The van der Waals surface area contributed by atoms with E-state index in [-0.39, 0.29) is 24.3 Å². The van der Waals surface area contributed by atoms with Crippen LogP contribution in [0.25, 0.3) is 0 Å². The number of amides is 2. The van der Waals surface area contributed by atoms with E-state index in [2.05, 4.69) is 0 Å². The molecule has 0 atom stereocenters. The van der Waals surface area contributed by atoms with E-state index in [1.54, 1.807) is 11.9 Å². The SMILES string of the molecule is Cc1ccccc1OCCCC(=O)N(C)CC(=O)N1CCC(C(=O)O)CC1. The van der Waals surface area contributed by atoms with Crippen molar-refractivity contribution >= 4 is 17.8 Å². The molecule has 1 aromatic carbocycles. The summed E-state index contributed by atoms with van der Waals surface area (Å²) in [4.78, 5) is 38.5. The van der Waals surface area contributed by atoms with Crippen molar-refractivity contribution in [1.82, 2.24) is 9.80 Å². The fourth-order valence-electron chi connectivity index (χ4n) is 3.08. The molecule has 1 N–H and O–H groups in total. The van der Waals surface area contributed by atoms with Crippen LogP contribution in [0.15, 0.2) is 24.3 Å². The van der Waals surface area contributed by atoms with Gasteiger partial charge in [0.1, 0.15) is 5.75 Å². The zero-order valence-electron chi connectivity index (χ0n) is 16.0. The number of carbonyl (C=O) groups is 3. The molecule has 0 radical (unpaired) electrons. The van der Waals surface area contributed by atoms with Gasteiger partial charge in [0, 0.05) is 26.6 Å². The predicted octanol–water partition coefficient (Wildman–Crippen LogP) is 1.94. The van der Waals surface area contributed by atoms with Crippen LogP contribution in [-0.4, -0.2) is 66.0 Å². The van der Waals surface area contributed by atoms with Crippen LogP contribution >= 0.6 is 0 Å². The Morgan fingerprint density at radius 2 is 1.89 bits per heavy atom. The average Bonchev–Trinajstić information content (AvgIpc) is 2.66. The summed E-state index contributed by atoms with van der Waals surface area (Å²) < 4.78 is 5.68. The van der Waals surface area contributed by atoms with Crippen LogP contribution in [0, 0.1) is 12.8 Å². The second-order valence-electron chi connectivity index (χ2n) is 6.96. The van der Waals surface area contributed by atoms with Gasteiger partial charge in [-0.05, 0) is 37.8 Å². The Hall–Kier alpha value is -2.57. The molecule has 7 heteroatoms. The van der Waals surface area contributed by atoms with E-state index in [0.717, 1.165) is 11.3 Å². The van der Waals surface area contributed by atoms with Gasteiger partial charge in [-0.3, -0.25) is 14.4 Å². The summed E-state index contributed by atoms with van der Waals surface area (Å²) in [6.45, 7) is 3.31. The molecule has 1 fully saturated rings. The fourth-order valence-corrected chi connectivity index (χ4v) is 3.08. The largest absolute Gasteiger partial charge is 0.493 e. The summed E-state index contributed by atoms with van der Waals surface area (Å²) in [7, 11) is 1.62. The number of aryl methyl sites for hydroxylation is 1. The number of aliphatic carboxylic acids is 1. The normalized spacial score (nSPS) is 14.7. The highest BCUT2D eigenvalue weighted by molar-refractivity contribution is 5.84. The van der Waals surface area contributed by atoms with Crippen molar-refractivity contribution in [3.8, 4) is 5.75 Å². The van der Waals surface area contributed by atoms with Crippen LogP contribution in [0.5, 0.6) is 5.75 Å². The summed E-state index contributed by atoms with van der Waals surface area (Å²) in [5.74, 6) is -0.592. The highest BCUT2D eigenvalue weighted by Gasteiger charge is 2.27. The van der Waals surface area contributed by atoms with Crippen molar-refractivity contribution < 1.29 is 24.2 Å². The maximum atomic E-state index is 12.3. The van der Waals surface area contributed by atoms with Crippen LogP contribution in [0.2, 0.25) is 0 Å². The van der Waals surface area contributed by atoms with Crippen molar-refractivity contribution in [2.24, 2.45) is 5.92 Å². The van der Waals surface area contributed by atoms with Gasteiger partial charge in [0.2, 0.25) is 11.8 Å². The smallest absolute Gasteiger partial charge is 0.306 e. The fraction of sp³-hybridized carbons (Fsp3) is 0.550. The molecule has 0 aliphatic carbocycles. The molecular formula is C20H28N2O5. The number of carbonyl (C=O) groups excluding carboxylic acids is 2. The average molecular weight is 376 g/mol. The number of hydrogen-bond donors (Lipinski definition) is 1. The summed E-state index contributed by atoms with van der Waals surface area (Å²) in [6.07, 6.45) is 1.83. The second-order valence-corrected chi connectivity index (χ2v) is 6.96. The quantitative estimate of drug-likeness (QED) is 0.701. The molecule has 0 aromatic heterocycles. The second kappa shape index (κ2) is 9.94. The lowest BCUT2D eigenvalue weighted by atomic mass is 9.97. The van der Waals surface area contributed by atoms with Crippen LogP contribution in [0.3, 0.4) is 0 Å². The third-order valence-corrected chi connectivity index (χ3v) is 4.88. The minimum absolute atomic E-state index is 0.0230. The summed E-state index contributed by atoms with van der Waals surface area (Å²) >= 11 is 0. The first kappa shape index (κ1) is 20.7. The molecular weight excluding hydrogens is 348 g/mol. The minimum atomic E-state index is -0.803. The van der Waals surface area contributed by atoms with Crippen molar-refractivity contribution in [3.05, 3.63) is 29.8 Å². The number of likely N-dealkylation sites (tertiary alicyclic amines) is 1. The number of piperidine rings is 1. The third kappa shape index (κ3) is 6.27. The molecule has 7 nitrogen and oxygen atoms in total. The van der Waals surface area contributed by atoms with Gasteiger partial charge in [-0.2, -0.15) is 0 Å². The highest BCUT2D eigenvalue weighted by atomic mass is 16.5. The van der Waals surface area contributed by atoms with E-state index >= 15 is 0 Å². The number of para-hydroxylation sites is 1. The minimum Gasteiger partial charge on any atom is -0.493 e. The van der Waals surface area contributed by atoms with Gasteiger partial charge in [0.15, 0.2) is 0 Å². The molecule has 1 aliphatic heterocycles. The maximum absolute atomic E-state index is 12.3. The predicted molar refractivity (Wildman–Crippen MR) is 100 cm³/mol. The number of hydrogen-bond acceptors (Lipinski definition) is 4. The van der Waals surface area contributed by atoms with Crippen LogP contribution in [0.1, 0.15) is 31.2 Å². The van der Waals surface area contributed by atoms with Gasteiger partial charge >= 0.3 is 5.97 Å². The Morgan fingerprint density at radius 1 is 1.22 bits per heavy atom. The Kier molecular flexibility index (Phi) is 7.64. The zero-order valence-corrected chi connectivity index (χ0v) is 16.0. The van der Waals surface area contributed by atoms with Crippen molar-refractivity contribution in [2.75, 3.05) is 33.3 Å². The Bertz CT molecular complexity index is 668. The van der Waals surface area contributed by atoms with Crippen LogP contribution in [0.4, 0.5) is 0 Å².